The molecule has 0 bridgehead atoms. The Morgan fingerprint density at radius 3 is 2.61 bits per heavy atom. The zero-order valence-corrected chi connectivity index (χ0v) is 10.9. The van der Waals surface area contributed by atoms with Gasteiger partial charge >= 0.3 is 0 Å². The Bertz CT molecular complexity index is 507. The molecule has 0 atom stereocenters. The van der Waals surface area contributed by atoms with Crippen molar-refractivity contribution >= 4 is 17.2 Å². The number of nitrogens with zero attached hydrogens (tertiary/aromatic N) is 1. The summed E-state index contributed by atoms with van der Waals surface area (Å²) in [5.74, 6) is -0.403. The van der Waals surface area contributed by atoms with Crippen LogP contribution in [0.25, 0.3) is 0 Å². The van der Waals surface area contributed by atoms with Crippen LogP contribution in [0.4, 0.5) is 4.39 Å². The Morgan fingerprint density at radius 1 is 1.28 bits per heavy atom. The minimum atomic E-state index is -0.326. The largest absolute Gasteiger partial charge is 0.341 e. The standard InChI is InChI=1S/C14H14FNOS/c1-16(9-8-13-3-2-10-18-13)14(17)11-4-6-12(15)7-5-11/h2-7,10H,8-9H2,1H3. The van der Waals surface area contributed by atoms with Crippen LogP contribution in [-0.4, -0.2) is 24.4 Å². The van der Waals surface area contributed by atoms with E-state index in [1.165, 1.54) is 29.1 Å². The first-order chi connectivity index (χ1) is 8.66. The third-order valence-electron chi connectivity index (χ3n) is 2.71. The van der Waals surface area contributed by atoms with E-state index in [9.17, 15) is 9.18 Å². The van der Waals surface area contributed by atoms with E-state index in [0.29, 0.717) is 12.1 Å². The number of rotatable bonds is 4. The van der Waals surface area contributed by atoms with Gasteiger partial charge in [0.2, 0.25) is 0 Å². The lowest BCUT2D eigenvalue weighted by molar-refractivity contribution is 0.0797. The molecule has 2 aromatic rings. The van der Waals surface area contributed by atoms with Gasteiger partial charge in [-0.15, -0.1) is 11.3 Å². The first kappa shape index (κ1) is 12.8. The van der Waals surface area contributed by atoms with E-state index in [4.69, 9.17) is 0 Å². The van der Waals surface area contributed by atoms with E-state index in [0.717, 1.165) is 6.42 Å². The SMILES string of the molecule is CN(CCc1cccs1)C(=O)c1ccc(F)cc1. The molecule has 0 aliphatic carbocycles. The Balaban J connectivity index is 1.94. The van der Waals surface area contributed by atoms with Crippen LogP contribution >= 0.6 is 11.3 Å². The molecule has 4 heteroatoms. The predicted octanol–water partition coefficient (Wildman–Crippen LogP) is 3.20. The van der Waals surface area contributed by atoms with Gasteiger partial charge in [-0.05, 0) is 42.1 Å². The van der Waals surface area contributed by atoms with Gasteiger partial charge < -0.3 is 4.90 Å². The van der Waals surface area contributed by atoms with Crippen LogP contribution in [0.2, 0.25) is 0 Å². The molecule has 1 aromatic heterocycles. The highest BCUT2D eigenvalue weighted by atomic mass is 32.1. The lowest BCUT2D eigenvalue weighted by Gasteiger charge is -2.16. The summed E-state index contributed by atoms with van der Waals surface area (Å²) in [5, 5.41) is 2.02. The van der Waals surface area contributed by atoms with Crippen molar-refractivity contribution in [2.24, 2.45) is 0 Å². The molecule has 0 unspecified atom stereocenters. The number of hydrogen-bond donors (Lipinski definition) is 0. The zero-order chi connectivity index (χ0) is 13.0. The summed E-state index contributed by atoms with van der Waals surface area (Å²) >= 11 is 1.69. The summed E-state index contributed by atoms with van der Waals surface area (Å²) < 4.78 is 12.8. The fraction of sp³-hybridized carbons (Fsp3) is 0.214. The number of amides is 1. The molecular weight excluding hydrogens is 249 g/mol. The smallest absolute Gasteiger partial charge is 0.253 e. The molecule has 18 heavy (non-hydrogen) atoms. The van der Waals surface area contributed by atoms with Gasteiger partial charge in [0.15, 0.2) is 0 Å². The van der Waals surface area contributed by atoms with E-state index >= 15 is 0 Å². The third kappa shape index (κ3) is 3.17. The minimum Gasteiger partial charge on any atom is -0.341 e. The highest BCUT2D eigenvalue weighted by Gasteiger charge is 2.11. The molecule has 0 spiro atoms. The first-order valence-electron chi connectivity index (χ1n) is 5.70. The molecule has 0 saturated carbocycles. The van der Waals surface area contributed by atoms with Crippen LogP contribution in [0.5, 0.6) is 0 Å². The summed E-state index contributed by atoms with van der Waals surface area (Å²) in [7, 11) is 1.76. The molecule has 0 N–H and O–H groups in total. The van der Waals surface area contributed by atoms with Gasteiger partial charge in [0.1, 0.15) is 5.82 Å². The Labute approximate surface area is 110 Å². The normalized spacial score (nSPS) is 10.3. The van der Waals surface area contributed by atoms with Gasteiger partial charge in [0.25, 0.3) is 5.91 Å². The van der Waals surface area contributed by atoms with Gasteiger partial charge in [0, 0.05) is 24.0 Å². The second-order valence-electron chi connectivity index (χ2n) is 4.06. The minimum absolute atomic E-state index is 0.0773. The van der Waals surface area contributed by atoms with Crippen molar-refractivity contribution in [3.63, 3.8) is 0 Å². The van der Waals surface area contributed by atoms with Crippen LogP contribution < -0.4 is 0 Å². The van der Waals surface area contributed by atoms with Gasteiger partial charge in [-0.25, -0.2) is 4.39 Å². The van der Waals surface area contributed by atoms with Crippen molar-refractivity contribution in [1.82, 2.24) is 4.90 Å². The van der Waals surface area contributed by atoms with Gasteiger partial charge in [0.05, 0.1) is 0 Å². The molecule has 0 saturated heterocycles. The molecule has 2 nitrogen and oxygen atoms in total. The summed E-state index contributed by atoms with van der Waals surface area (Å²) in [6, 6.07) is 9.70. The van der Waals surface area contributed by atoms with Gasteiger partial charge in [-0.2, -0.15) is 0 Å². The van der Waals surface area contributed by atoms with E-state index in [2.05, 4.69) is 6.07 Å². The second kappa shape index (κ2) is 5.78. The molecule has 2 rings (SSSR count). The quantitative estimate of drug-likeness (QED) is 0.829. The number of likely N-dealkylation sites (N-methyl/N-ethyl adjacent to an activating group) is 1. The zero-order valence-electron chi connectivity index (χ0n) is 10.1. The van der Waals surface area contributed by atoms with Crippen LogP contribution in [0.3, 0.4) is 0 Å². The number of halogens is 1. The lowest BCUT2D eigenvalue weighted by Crippen LogP contribution is -2.28. The molecule has 1 heterocycles. The van der Waals surface area contributed by atoms with Crippen molar-refractivity contribution in [3.8, 4) is 0 Å². The number of carbonyl (C=O) groups is 1. The van der Waals surface area contributed by atoms with Gasteiger partial charge in [-0.3, -0.25) is 4.79 Å². The molecule has 0 radical (unpaired) electrons. The third-order valence-corrected chi connectivity index (χ3v) is 3.65. The molecule has 1 aromatic carbocycles. The number of thiophene rings is 1. The molecule has 0 fully saturated rings. The van der Waals surface area contributed by atoms with E-state index in [-0.39, 0.29) is 11.7 Å². The predicted molar refractivity (Wildman–Crippen MR) is 71.4 cm³/mol. The lowest BCUT2D eigenvalue weighted by atomic mass is 10.2. The maximum atomic E-state index is 12.8. The fourth-order valence-corrected chi connectivity index (χ4v) is 2.35. The first-order valence-corrected chi connectivity index (χ1v) is 6.58. The Morgan fingerprint density at radius 2 is 2.00 bits per heavy atom. The maximum absolute atomic E-state index is 12.8. The van der Waals surface area contributed by atoms with Crippen molar-refractivity contribution in [3.05, 3.63) is 58.0 Å². The topological polar surface area (TPSA) is 20.3 Å². The van der Waals surface area contributed by atoms with E-state index in [1.54, 1.807) is 23.3 Å². The summed E-state index contributed by atoms with van der Waals surface area (Å²) in [5.41, 5.74) is 0.519. The highest BCUT2D eigenvalue weighted by molar-refractivity contribution is 7.09. The van der Waals surface area contributed by atoms with E-state index in [1.807, 2.05) is 11.4 Å². The van der Waals surface area contributed by atoms with Crippen molar-refractivity contribution in [2.75, 3.05) is 13.6 Å². The molecule has 0 aliphatic rings. The van der Waals surface area contributed by atoms with Gasteiger partial charge in [-0.1, -0.05) is 6.07 Å². The van der Waals surface area contributed by atoms with Crippen molar-refractivity contribution in [1.29, 1.82) is 0 Å². The van der Waals surface area contributed by atoms with E-state index < -0.39 is 0 Å². The second-order valence-corrected chi connectivity index (χ2v) is 5.10. The maximum Gasteiger partial charge on any atom is 0.253 e. The molecular formula is C14H14FNOS. The average Bonchev–Trinajstić information content (AvgIpc) is 2.89. The summed E-state index contributed by atoms with van der Waals surface area (Å²) in [6.07, 6.45) is 0.848. The van der Waals surface area contributed by atoms with Crippen LogP contribution in [0.1, 0.15) is 15.2 Å². The molecule has 94 valence electrons. The summed E-state index contributed by atoms with van der Waals surface area (Å²) in [4.78, 5) is 14.9. The highest BCUT2D eigenvalue weighted by Crippen LogP contribution is 2.11. The number of benzene rings is 1. The fourth-order valence-electron chi connectivity index (χ4n) is 1.65. The van der Waals surface area contributed by atoms with Crippen molar-refractivity contribution < 1.29 is 9.18 Å². The Hall–Kier alpha value is -1.68. The average molecular weight is 263 g/mol. The Kier molecular flexibility index (Phi) is 4.10. The van der Waals surface area contributed by atoms with Crippen molar-refractivity contribution in [2.45, 2.75) is 6.42 Å². The number of carbonyl (C=O) groups excluding carboxylic acids is 1. The molecule has 1 amide bonds. The number of hydrogen-bond acceptors (Lipinski definition) is 2. The molecule has 0 aliphatic heterocycles. The van der Waals surface area contributed by atoms with Crippen LogP contribution in [0.15, 0.2) is 41.8 Å². The summed E-state index contributed by atoms with van der Waals surface area (Å²) in [6.45, 7) is 0.663. The van der Waals surface area contributed by atoms with Crippen LogP contribution in [-0.2, 0) is 6.42 Å². The van der Waals surface area contributed by atoms with Crippen LogP contribution in [0, 0.1) is 5.82 Å². The monoisotopic (exact) mass is 263 g/mol.